The van der Waals surface area contributed by atoms with Crippen LogP contribution in [0, 0.1) is 5.92 Å². The molecule has 2 unspecified atom stereocenters. The minimum Gasteiger partial charge on any atom is -0.497 e. The van der Waals surface area contributed by atoms with Gasteiger partial charge in [-0.1, -0.05) is 17.8 Å². The Morgan fingerprint density at radius 1 is 1.33 bits per heavy atom. The fourth-order valence-corrected chi connectivity index (χ4v) is 3.68. The molecule has 158 valence electrons. The largest absolute Gasteiger partial charge is 0.497 e. The molecular formula is C20H22N4O5S. The summed E-state index contributed by atoms with van der Waals surface area (Å²) in [6.45, 7) is 5.46. The van der Waals surface area contributed by atoms with E-state index in [2.05, 4.69) is 22.1 Å². The molecule has 1 fully saturated rings. The van der Waals surface area contributed by atoms with Crippen molar-refractivity contribution >= 4 is 29.5 Å². The molecular weight excluding hydrogens is 408 g/mol. The minimum absolute atomic E-state index is 0.0822. The van der Waals surface area contributed by atoms with Crippen molar-refractivity contribution in [2.24, 2.45) is 5.92 Å². The molecule has 9 nitrogen and oxygen atoms in total. The predicted molar refractivity (Wildman–Crippen MR) is 109 cm³/mol. The van der Waals surface area contributed by atoms with Gasteiger partial charge in [0, 0.05) is 24.6 Å². The van der Waals surface area contributed by atoms with Crippen molar-refractivity contribution in [3.63, 3.8) is 0 Å². The van der Waals surface area contributed by atoms with Crippen molar-refractivity contribution in [3.05, 3.63) is 48.4 Å². The van der Waals surface area contributed by atoms with Crippen LogP contribution in [-0.2, 0) is 11.2 Å². The summed E-state index contributed by atoms with van der Waals surface area (Å²) >= 11 is 1.13. The third-order valence-corrected chi connectivity index (χ3v) is 5.49. The van der Waals surface area contributed by atoms with E-state index >= 15 is 0 Å². The molecule has 2 heterocycles. The summed E-state index contributed by atoms with van der Waals surface area (Å²) in [5.74, 6) is 0.163. The number of nitrogens with zero attached hydrogens (tertiary/aromatic N) is 3. The number of ether oxygens (including phenoxy) is 1. The van der Waals surface area contributed by atoms with E-state index < -0.39 is 11.9 Å². The molecule has 1 aromatic heterocycles. The van der Waals surface area contributed by atoms with Crippen LogP contribution in [0.3, 0.4) is 0 Å². The van der Waals surface area contributed by atoms with Gasteiger partial charge in [0.1, 0.15) is 5.75 Å². The fourth-order valence-electron chi connectivity index (χ4n) is 3.01. The van der Waals surface area contributed by atoms with Crippen LogP contribution in [-0.4, -0.2) is 58.3 Å². The number of imide groups is 1. The van der Waals surface area contributed by atoms with E-state index in [0.29, 0.717) is 11.3 Å². The topological polar surface area (TPSA) is 115 Å². The monoisotopic (exact) mass is 430 g/mol. The van der Waals surface area contributed by atoms with Crippen molar-refractivity contribution < 1.29 is 23.5 Å². The summed E-state index contributed by atoms with van der Waals surface area (Å²) in [5.41, 5.74) is 0.558. The van der Waals surface area contributed by atoms with Gasteiger partial charge in [0.05, 0.1) is 18.8 Å². The average Bonchev–Trinajstić information content (AvgIpc) is 3.20. The van der Waals surface area contributed by atoms with E-state index in [-0.39, 0.29) is 47.6 Å². The average molecular weight is 430 g/mol. The van der Waals surface area contributed by atoms with Crippen molar-refractivity contribution in [3.8, 4) is 5.75 Å². The molecule has 3 rings (SSSR count). The number of methoxy groups -OCH3 is 1. The summed E-state index contributed by atoms with van der Waals surface area (Å²) in [5, 5.41) is 10.9. The van der Waals surface area contributed by atoms with Gasteiger partial charge in [0.2, 0.25) is 11.8 Å². The van der Waals surface area contributed by atoms with E-state index in [1.807, 2.05) is 0 Å². The molecule has 0 saturated carbocycles. The van der Waals surface area contributed by atoms with Gasteiger partial charge in [-0.15, -0.1) is 16.8 Å². The van der Waals surface area contributed by atoms with E-state index in [0.717, 1.165) is 16.7 Å². The number of carbonyl (C=O) groups is 3. The van der Waals surface area contributed by atoms with Crippen molar-refractivity contribution in [2.45, 2.75) is 24.6 Å². The number of hydrogen-bond acceptors (Lipinski definition) is 8. The van der Waals surface area contributed by atoms with Crippen LogP contribution in [0.2, 0.25) is 0 Å². The van der Waals surface area contributed by atoms with Crippen molar-refractivity contribution in [1.29, 1.82) is 0 Å². The van der Waals surface area contributed by atoms with E-state index in [4.69, 9.17) is 9.15 Å². The number of urea groups is 1. The molecule has 2 atom stereocenters. The number of aromatic nitrogens is 2. The highest BCUT2D eigenvalue weighted by molar-refractivity contribution is 7.99. The van der Waals surface area contributed by atoms with E-state index in [1.54, 1.807) is 38.3 Å². The fraction of sp³-hybridized carbons (Fsp3) is 0.350. The standard InChI is InChI=1S/C20H22N4O5S/c1-4-9-24-18(26)15(12(2)21-19(24)27)10-17-22-23-20(29-17)30-11-16(25)13-5-7-14(28-3)8-6-13/h4-8,12,15H,1,9-11H2,2-3H3,(H,21,27). The summed E-state index contributed by atoms with van der Waals surface area (Å²) in [6.07, 6.45) is 1.68. The maximum Gasteiger partial charge on any atom is 0.324 e. The Hall–Kier alpha value is -3.14. The first-order valence-electron chi connectivity index (χ1n) is 9.28. The molecule has 30 heavy (non-hydrogen) atoms. The molecule has 1 saturated heterocycles. The summed E-state index contributed by atoms with van der Waals surface area (Å²) in [7, 11) is 1.56. The second-order valence-corrected chi connectivity index (χ2v) is 7.61. The van der Waals surface area contributed by atoms with Crippen molar-refractivity contribution in [1.82, 2.24) is 20.4 Å². The first kappa shape index (κ1) is 21.6. The SMILES string of the molecule is C=CCN1C(=O)NC(C)C(Cc2nnc(SCC(=O)c3ccc(OC)cc3)o2)C1=O. The Kier molecular flexibility index (Phi) is 6.88. The highest BCUT2D eigenvalue weighted by atomic mass is 32.2. The number of carbonyl (C=O) groups excluding carboxylic acids is 3. The maximum atomic E-state index is 12.6. The second-order valence-electron chi connectivity index (χ2n) is 6.69. The number of Topliss-reactive ketones (excluding diaryl/α,β-unsaturated/α-hetero) is 1. The van der Waals surface area contributed by atoms with E-state index in [1.165, 1.54) is 6.08 Å². The summed E-state index contributed by atoms with van der Waals surface area (Å²) in [6, 6.07) is 6.02. The van der Waals surface area contributed by atoms with Crippen LogP contribution in [0.15, 0.2) is 46.6 Å². The first-order chi connectivity index (χ1) is 14.4. The highest BCUT2D eigenvalue weighted by Gasteiger charge is 2.39. The zero-order valence-corrected chi connectivity index (χ0v) is 17.5. The number of hydrogen-bond donors (Lipinski definition) is 1. The van der Waals surface area contributed by atoms with Gasteiger partial charge in [-0.3, -0.25) is 14.5 Å². The zero-order chi connectivity index (χ0) is 21.7. The molecule has 2 aromatic rings. The molecule has 0 aliphatic carbocycles. The highest BCUT2D eigenvalue weighted by Crippen LogP contribution is 2.23. The van der Waals surface area contributed by atoms with Crippen LogP contribution in [0.4, 0.5) is 4.79 Å². The lowest BCUT2D eigenvalue weighted by Crippen LogP contribution is -2.59. The van der Waals surface area contributed by atoms with Gasteiger partial charge in [0.15, 0.2) is 5.78 Å². The summed E-state index contributed by atoms with van der Waals surface area (Å²) in [4.78, 5) is 38.0. The normalized spacial score (nSPS) is 18.8. The Bertz CT molecular complexity index is 943. The molecule has 1 aliphatic rings. The first-order valence-corrected chi connectivity index (χ1v) is 10.3. The van der Waals surface area contributed by atoms with Gasteiger partial charge in [-0.05, 0) is 31.2 Å². The Labute approximate surface area is 177 Å². The Balaban J connectivity index is 1.59. The molecule has 3 amide bonds. The lowest BCUT2D eigenvalue weighted by Gasteiger charge is -2.34. The van der Waals surface area contributed by atoms with Crippen LogP contribution in [0.25, 0.3) is 0 Å². The van der Waals surface area contributed by atoms with Crippen molar-refractivity contribution in [2.75, 3.05) is 19.4 Å². The van der Waals surface area contributed by atoms with Gasteiger partial charge in [-0.25, -0.2) is 4.79 Å². The van der Waals surface area contributed by atoms with Gasteiger partial charge < -0.3 is 14.5 Å². The van der Waals surface area contributed by atoms with Crippen LogP contribution < -0.4 is 10.1 Å². The van der Waals surface area contributed by atoms with E-state index in [9.17, 15) is 14.4 Å². The molecule has 1 aromatic carbocycles. The van der Waals surface area contributed by atoms with Gasteiger partial charge >= 0.3 is 6.03 Å². The van der Waals surface area contributed by atoms with Gasteiger partial charge in [-0.2, -0.15) is 0 Å². The molecule has 0 bridgehead atoms. The number of amides is 3. The molecule has 10 heteroatoms. The second kappa shape index (κ2) is 9.57. The number of benzene rings is 1. The third kappa shape index (κ3) is 4.88. The van der Waals surface area contributed by atoms with Gasteiger partial charge in [0.25, 0.3) is 5.22 Å². The Morgan fingerprint density at radius 3 is 2.73 bits per heavy atom. The van der Waals surface area contributed by atoms with Crippen LogP contribution in [0.1, 0.15) is 23.2 Å². The predicted octanol–water partition coefficient (Wildman–Crippen LogP) is 2.34. The molecule has 1 aliphatic heterocycles. The lowest BCUT2D eigenvalue weighted by molar-refractivity contribution is -0.134. The smallest absolute Gasteiger partial charge is 0.324 e. The number of ketones is 1. The van der Waals surface area contributed by atoms with Crippen LogP contribution in [0.5, 0.6) is 5.75 Å². The number of nitrogens with one attached hydrogen (secondary N) is 1. The Morgan fingerprint density at radius 2 is 2.07 bits per heavy atom. The molecule has 0 spiro atoms. The summed E-state index contributed by atoms with van der Waals surface area (Å²) < 4.78 is 10.7. The number of thioether (sulfide) groups is 1. The van der Waals surface area contributed by atoms with Crippen LogP contribution >= 0.6 is 11.8 Å². The molecule has 0 radical (unpaired) electrons. The number of rotatable bonds is 9. The third-order valence-electron chi connectivity index (χ3n) is 4.68. The zero-order valence-electron chi connectivity index (χ0n) is 16.7. The quantitative estimate of drug-likeness (QED) is 0.366. The maximum absolute atomic E-state index is 12.6. The molecule has 1 N–H and O–H groups in total. The lowest BCUT2D eigenvalue weighted by atomic mass is 9.93. The minimum atomic E-state index is -0.526.